The summed E-state index contributed by atoms with van der Waals surface area (Å²) in [5.74, 6) is 1.54. The molecule has 1 aromatic rings. The Morgan fingerprint density at radius 3 is 2.58 bits per heavy atom. The molecular formula is C16H22ClNO. The van der Waals surface area contributed by atoms with Crippen molar-refractivity contribution in [2.24, 2.45) is 11.7 Å². The Bertz CT molecular complexity index is 478. The fourth-order valence-corrected chi connectivity index (χ4v) is 3.26. The summed E-state index contributed by atoms with van der Waals surface area (Å²) in [6.07, 6.45) is 7.17. The summed E-state index contributed by atoms with van der Waals surface area (Å²) in [5.41, 5.74) is 8.53. The number of benzene rings is 1. The number of ether oxygens (including phenoxy) is 1. The minimum Gasteiger partial charge on any atom is -0.491 e. The molecule has 0 atom stereocenters. The number of aryl methyl sites for hydroxylation is 1. The fraction of sp³-hybridized carbons (Fsp3) is 0.625. The van der Waals surface area contributed by atoms with Crippen molar-refractivity contribution in [2.45, 2.75) is 51.0 Å². The van der Waals surface area contributed by atoms with Gasteiger partial charge in [0.2, 0.25) is 0 Å². The molecule has 0 heterocycles. The van der Waals surface area contributed by atoms with Crippen molar-refractivity contribution >= 4 is 11.6 Å². The van der Waals surface area contributed by atoms with Crippen molar-refractivity contribution in [3.8, 4) is 5.75 Å². The number of hydrogen-bond acceptors (Lipinski definition) is 2. The predicted octanol–water partition coefficient (Wildman–Crippen LogP) is 4.17. The molecular weight excluding hydrogens is 258 g/mol. The molecule has 0 saturated heterocycles. The van der Waals surface area contributed by atoms with Gasteiger partial charge in [-0.3, -0.25) is 0 Å². The molecule has 2 aliphatic carbocycles. The number of nitrogens with two attached hydrogens (primary N) is 1. The second kappa shape index (κ2) is 4.99. The third-order valence-corrected chi connectivity index (χ3v) is 4.94. The van der Waals surface area contributed by atoms with Crippen LogP contribution in [0.4, 0.5) is 0 Å². The van der Waals surface area contributed by atoms with Crippen LogP contribution in [0.5, 0.6) is 5.75 Å². The van der Waals surface area contributed by atoms with E-state index in [2.05, 4.69) is 13.0 Å². The van der Waals surface area contributed by atoms with E-state index in [9.17, 15) is 0 Å². The van der Waals surface area contributed by atoms with Crippen LogP contribution in [0.3, 0.4) is 0 Å². The summed E-state index contributed by atoms with van der Waals surface area (Å²) in [4.78, 5) is 0. The van der Waals surface area contributed by atoms with E-state index in [0.717, 1.165) is 36.3 Å². The van der Waals surface area contributed by atoms with Crippen molar-refractivity contribution in [2.75, 3.05) is 6.61 Å². The molecule has 0 amide bonds. The second-order valence-corrected chi connectivity index (χ2v) is 6.65. The van der Waals surface area contributed by atoms with E-state index >= 15 is 0 Å². The minimum atomic E-state index is -0.218. The molecule has 104 valence electrons. The van der Waals surface area contributed by atoms with E-state index in [1.165, 1.54) is 25.7 Å². The minimum absolute atomic E-state index is 0.218. The van der Waals surface area contributed by atoms with Crippen LogP contribution in [0.25, 0.3) is 0 Å². The second-order valence-electron chi connectivity index (χ2n) is 6.24. The molecule has 1 aromatic carbocycles. The van der Waals surface area contributed by atoms with Gasteiger partial charge in [-0.2, -0.15) is 0 Å². The van der Waals surface area contributed by atoms with Gasteiger partial charge in [-0.15, -0.1) is 0 Å². The molecule has 2 N–H and O–H groups in total. The highest BCUT2D eigenvalue weighted by molar-refractivity contribution is 6.32. The molecule has 2 aliphatic rings. The predicted molar refractivity (Wildman–Crippen MR) is 78.7 cm³/mol. The third kappa shape index (κ3) is 2.48. The average molecular weight is 280 g/mol. The summed E-state index contributed by atoms with van der Waals surface area (Å²) >= 11 is 6.39. The average Bonchev–Trinajstić information content (AvgIpc) is 2.26. The van der Waals surface area contributed by atoms with Crippen LogP contribution >= 0.6 is 11.6 Å². The lowest BCUT2D eigenvalue weighted by molar-refractivity contribution is 0.171. The zero-order chi connectivity index (χ0) is 13.5. The van der Waals surface area contributed by atoms with E-state index in [0.29, 0.717) is 10.9 Å². The van der Waals surface area contributed by atoms with E-state index in [1.54, 1.807) is 0 Å². The van der Waals surface area contributed by atoms with Crippen LogP contribution in [-0.4, -0.2) is 6.61 Å². The Balaban J connectivity index is 1.86. The van der Waals surface area contributed by atoms with Crippen molar-refractivity contribution in [3.05, 3.63) is 28.3 Å². The van der Waals surface area contributed by atoms with E-state index < -0.39 is 0 Å². The van der Waals surface area contributed by atoms with Gasteiger partial charge in [0, 0.05) is 11.1 Å². The van der Waals surface area contributed by atoms with Crippen molar-refractivity contribution in [1.82, 2.24) is 0 Å². The van der Waals surface area contributed by atoms with Gasteiger partial charge in [0.05, 0.1) is 11.6 Å². The van der Waals surface area contributed by atoms with Crippen LogP contribution in [0, 0.1) is 12.8 Å². The summed E-state index contributed by atoms with van der Waals surface area (Å²) < 4.78 is 6.04. The first kappa shape index (κ1) is 13.3. The molecule has 3 heteroatoms. The van der Waals surface area contributed by atoms with Gasteiger partial charge in [-0.1, -0.05) is 24.1 Å². The molecule has 3 rings (SSSR count). The van der Waals surface area contributed by atoms with Gasteiger partial charge in [0.25, 0.3) is 0 Å². The van der Waals surface area contributed by atoms with E-state index in [1.807, 2.05) is 6.07 Å². The van der Waals surface area contributed by atoms with Gasteiger partial charge >= 0.3 is 0 Å². The first-order chi connectivity index (χ1) is 9.08. The number of hydrogen-bond donors (Lipinski definition) is 1. The third-order valence-electron chi connectivity index (χ3n) is 4.66. The highest BCUT2D eigenvalue weighted by Crippen LogP contribution is 2.46. The Morgan fingerprint density at radius 2 is 2.05 bits per heavy atom. The molecule has 0 unspecified atom stereocenters. The van der Waals surface area contributed by atoms with Gasteiger partial charge < -0.3 is 10.5 Å². The van der Waals surface area contributed by atoms with Gasteiger partial charge in [0.1, 0.15) is 5.75 Å². The van der Waals surface area contributed by atoms with E-state index in [4.69, 9.17) is 22.1 Å². The first-order valence-electron chi connectivity index (χ1n) is 7.31. The van der Waals surface area contributed by atoms with Crippen LogP contribution in [0.1, 0.15) is 49.7 Å². The molecule has 0 aliphatic heterocycles. The Morgan fingerprint density at radius 1 is 1.32 bits per heavy atom. The lowest BCUT2D eigenvalue weighted by Gasteiger charge is -2.40. The van der Waals surface area contributed by atoms with Crippen LogP contribution in [0.15, 0.2) is 12.1 Å². The molecule has 2 nitrogen and oxygen atoms in total. The number of rotatable bonds is 4. The summed E-state index contributed by atoms with van der Waals surface area (Å²) in [6.45, 7) is 2.85. The Labute approximate surface area is 120 Å². The molecule has 0 bridgehead atoms. The Kier molecular flexibility index (Phi) is 3.48. The molecule has 0 spiro atoms. The maximum Gasteiger partial charge on any atom is 0.142 e. The summed E-state index contributed by atoms with van der Waals surface area (Å²) in [7, 11) is 0. The molecule has 19 heavy (non-hydrogen) atoms. The highest BCUT2D eigenvalue weighted by Gasteiger charge is 2.37. The van der Waals surface area contributed by atoms with Gasteiger partial charge in [0.15, 0.2) is 0 Å². The SMILES string of the molecule is Cc1cc(Cl)c(OCC2CCC2)c(C2(N)CCC2)c1. The molecule has 0 aromatic heterocycles. The lowest BCUT2D eigenvalue weighted by Crippen LogP contribution is -2.43. The normalized spacial score (nSPS) is 21.6. The van der Waals surface area contributed by atoms with Gasteiger partial charge in [-0.05, 0) is 56.6 Å². The van der Waals surface area contributed by atoms with E-state index in [-0.39, 0.29) is 5.54 Å². The maximum absolute atomic E-state index is 6.48. The van der Waals surface area contributed by atoms with Crippen LogP contribution in [0.2, 0.25) is 5.02 Å². The van der Waals surface area contributed by atoms with Crippen molar-refractivity contribution in [1.29, 1.82) is 0 Å². The topological polar surface area (TPSA) is 35.2 Å². The van der Waals surface area contributed by atoms with Crippen molar-refractivity contribution in [3.63, 3.8) is 0 Å². The molecule has 2 fully saturated rings. The Hall–Kier alpha value is -0.730. The zero-order valence-corrected chi connectivity index (χ0v) is 12.3. The largest absolute Gasteiger partial charge is 0.491 e. The van der Waals surface area contributed by atoms with Crippen LogP contribution < -0.4 is 10.5 Å². The fourth-order valence-electron chi connectivity index (χ4n) is 2.93. The quantitative estimate of drug-likeness (QED) is 0.898. The monoisotopic (exact) mass is 279 g/mol. The first-order valence-corrected chi connectivity index (χ1v) is 7.68. The van der Waals surface area contributed by atoms with Crippen molar-refractivity contribution < 1.29 is 4.74 Å². The summed E-state index contributed by atoms with van der Waals surface area (Å²) in [5, 5.41) is 0.714. The lowest BCUT2D eigenvalue weighted by atomic mass is 9.72. The number of halogens is 1. The standard InChI is InChI=1S/C16H22ClNO/c1-11-8-13(16(18)6-3-7-16)15(14(17)9-11)19-10-12-4-2-5-12/h8-9,12H,2-7,10,18H2,1H3. The smallest absolute Gasteiger partial charge is 0.142 e. The highest BCUT2D eigenvalue weighted by atomic mass is 35.5. The zero-order valence-electron chi connectivity index (χ0n) is 11.5. The molecule has 0 radical (unpaired) electrons. The van der Waals surface area contributed by atoms with Crippen LogP contribution in [-0.2, 0) is 5.54 Å². The summed E-state index contributed by atoms with van der Waals surface area (Å²) in [6, 6.07) is 4.13. The van der Waals surface area contributed by atoms with Gasteiger partial charge in [-0.25, -0.2) is 0 Å². The maximum atomic E-state index is 6.48. The molecule has 2 saturated carbocycles.